The molecule has 1 heterocycles. The first-order valence-corrected chi connectivity index (χ1v) is 14.4. The van der Waals surface area contributed by atoms with Crippen molar-refractivity contribution in [2.24, 2.45) is 52.8 Å². The zero-order valence-electron chi connectivity index (χ0n) is 22.6. The third-order valence-electron chi connectivity index (χ3n) is 10.4. The molecule has 4 fully saturated rings. The van der Waals surface area contributed by atoms with E-state index in [4.69, 9.17) is 19.5 Å². The summed E-state index contributed by atoms with van der Waals surface area (Å²) in [6, 6.07) is 2.15. The fraction of sp³-hybridized carbons (Fsp3) is 0.833. The number of hydrogen-bond acceptors (Lipinski definition) is 6. The summed E-state index contributed by atoms with van der Waals surface area (Å²) >= 11 is 0. The molecule has 10 atom stereocenters. The molecular weight excluding hydrogens is 470 g/mol. The number of fused-ring (bicyclic) bond motifs is 3. The average Bonchev–Trinajstić information content (AvgIpc) is 2.83. The van der Waals surface area contributed by atoms with Crippen LogP contribution in [-0.2, 0) is 23.8 Å². The normalized spacial score (nSPS) is 42.5. The van der Waals surface area contributed by atoms with E-state index in [0.29, 0.717) is 56.3 Å². The predicted octanol–water partition coefficient (Wildman–Crippen LogP) is 5.00. The molecule has 7 heteroatoms. The fourth-order valence-electron chi connectivity index (χ4n) is 9.43. The summed E-state index contributed by atoms with van der Waals surface area (Å²) in [7, 11) is 0. The second-order valence-electron chi connectivity index (χ2n) is 12.8. The van der Waals surface area contributed by atoms with Gasteiger partial charge < -0.3 is 19.3 Å². The van der Waals surface area contributed by atoms with Gasteiger partial charge in [-0.25, -0.2) is 0 Å². The minimum Gasteiger partial charge on any atom is -0.481 e. The number of nitriles is 1. The number of carbonyl (C=O) groups is 2. The number of allylic oxidation sites excluding steroid dienone is 1. The SMILES string of the molecule is CC(=O)O[C@@H]1C[C@]23COCC(C2CCC2C3=CCC3C2CCC(CC(C)C)C3C(=O)O)[C@H]1OCCC#N. The second kappa shape index (κ2) is 10.7. The summed E-state index contributed by atoms with van der Waals surface area (Å²) in [4.78, 5) is 24.6. The fourth-order valence-corrected chi connectivity index (χ4v) is 9.43. The minimum absolute atomic E-state index is 0.124. The molecule has 7 nitrogen and oxygen atoms in total. The van der Waals surface area contributed by atoms with Crippen molar-refractivity contribution in [3.63, 3.8) is 0 Å². The molecule has 0 aromatic rings. The topological polar surface area (TPSA) is 106 Å². The molecule has 0 aromatic carbocycles. The van der Waals surface area contributed by atoms with E-state index in [2.05, 4.69) is 26.0 Å². The molecule has 1 N–H and O–H groups in total. The standard InChI is InChI=1S/C30H43NO6/c1-17(2)13-19-5-6-20-21-7-9-25-23-15-35-16-30(25,24(21)10-8-22(20)27(19)29(33)34)14-26(37-18(3)32)28(23)36-12-4-11-31/h10,17,19-23,25-28H,4-9,12-16H2,1-3H3,(H,33,34)/t19?,20?,21?,22?,23?,25?,26-,27?,28-,30-/m1/s1. The van der Waals surface area contributed by atoms with Crippen LogP contribution < -0.4 is 0 Å². The number of hydrogen-bond donors (Lipinski definition) is 1. The van der Waals surface area contributed by atoms with Crippen LogP contribution in [0.15, 0.2) is 11.6 Å². The molecule has 0 radical (unpaired) electrons. The van der Waals surface area contributed by atoms with Crippen molar-refractivity contribution in [1.82, 2.24) is 0 Å². The number of carboxylic acid groups (broad SMARTS) is 1. The van der Waals surface area contributed by atoms with Crippen LogP contribution in [0.25, 0.3) is 0 Å². The molecule has 4 aliphatic carbocycles. The van der Waals surface area contributed by atoms with E-state index in [0.717, 1.165) is 38.5 Å². The summed E-state index contributed by atoms with van der Waals surface area (Å²) < 4.78 is 18.4. The largest absolute Gasteiger partial charge is 0.481 e. The Morgan fingerprint density at radius 2 is 2.03 bits per heavy atom. The van der Waals surface area contributed by atoms with Crippen molar-refractivity contribution in [1.29, 1.82) is 5.26 Å². The van der Waals surface area contributed by atoms with E-state index in [9.17, 15) is 14.7 Å². The van der Waals surface area contributed by atoms with E-state index in [1.807, 2.05) is 0 Å². The molecular formula is C30H43NO6. The van der Waals surface area contributed by atoms with Crippen molar-refractivity contribution in [2.75, 3.05) is 19.8 Å². The molecule has 1 saturated heterocycles. The van der Waals surface area contributed by atoms with Crippen molar-refractivity contribution in [3.8, 4) is 6.07 Å². The van der Waals surface area contributed by atoms with Crippen LogP contribution in [0, 0.1) is 64.1 Å². The molecule has 0 amide bonds. The van der Waals surface area contributed by atoms with Crippen LogP contribution >= 0.6 is 0 Å². The van der Waals surface area contributed by atoms with E-state index < -0.39 is 5.97 Å². The molecule has 5 rings (SSSR count). The first-order valence-electron chi connectivity index (χ1n) is 14.4. The van der Waals surface area contributed by atoms with Gasteiger partial charge >= 0.3 is 11.9 Å². The van der Waals surface area contributed by atoms with Gasteiger partial charge in [-0.1, -0.05) is 25.5 Å². The highest BCUT2D eigenvalue weighted by molar-refractivity contribution is 5.71. The lowest BCUT2D eigenvalue weighted by atomic mass is 9.45. The smallest absolute Gasteiger partial charge is 0.307 e. The van der Waals surface area contributed by atoms with Gasteiger partial charge in [0, 0.05) is 18.3 Å². The van der Waals surface area contributed by atoms with Gasteiger partial charge in [0.05, 0.1) is 44.3 Å². The van der Waals surface area contributed by atoms with Gasteiger partial charge in [-0.15, -0.1) is 0 Å². The van der Waals surface area contributed by atoms with E-state index in [-0.39, 0.29) is 47.3 Å². The number of aliphatic carboxylic acids is 1. The Kier molecular flexibility index (Phi) is 7.71. The molecule has 2 bridgehead atoms. The van der Waals surface area contributed by atoms with Crippen molar-refractivity contribution in [2.45, 2.75) is 84.3 Å². The molecule has 1 aliphatic heterocycles. The maximum Gasteiger partial charge on any atom is 0.307 e. The van der Waals surface area contributed by atoms with E-state index in [1.54, 1.807) is 0 Å². The summed E-state index contributed by atoms with van der Waals surface area (Å²) in [5, 5.41) is 19.3. The first kappa shape index (κ1) is 26.7. The third kappa shape index (κ3) is 4.74. The maximum absolute atomic E-state index is 12.5. The Bertz CT molecular complexity index is 954. The van der Waals surface area contributed by atoms with Crippen molar-refractivity contribution >= 4 is 11.9 Å². The Hall–Kier alpha value is -1.91. The minimum atomic E-state index is -0.616. The van der Waals surface area contributed by atoms with Gasteiger partial charge in [0.25, 0.3) is 0 Å². The number of rotatable bonds is 7. The summed E-state index contributed by atoms with van der Waals surface area (Å²) in [5.74, 6) is 1.10. The number of carboxylic acids is 1. The molecule has 37 heavy (non-hydrogen) atoms. The lowest BCUT2D eigenvalue weighted by Crippen LogP contribution is -2.64. The number of ether oxygens (including phenoxy) is 3. The van der Waals surface area contributed by atoms with Crippen molar-refractivity contribution < 1.29 is 28.9 Å². The zero-order chi connectivity index (χ0) is 26.3. The van der Waals surface area contributed by atoms with Crippen LogP contribution in [0.4, 0.5) is 0 Å². The average molecular weight is 514 g/mol. The Balaban J connectivity index is 1.46. The molecule has 0 spiro atoms. The van der Waals surface area contributed by atoms with E-state index >= 15 is 0 Å². The quantitative estimate of drug-likeness (QED) is 0.290. The van der Waals surface area contributed by atoms with Crippen LogP contribution in [-0.4, -0.2) is 49.1 Å². The number of esters is 1. The van der Waals surface area contributed by atoms with Gasteiger partial charge in [0.15, 0.2) is 0 Å². The lowest BCUT2D eigenvalue weighted by Gasteiger charge is -2.63. The second-order valence-corrected chi connectivity index (χ2v) is 12.8. The van der Waals surface area contributed by atoms with E-state index in [1.165, 1.54) is 12.5 Å². The first-order chi connectivity index (χ1) is 17.8. The van der Waals surface area contributed by atoms with Gasteiger partial charge in [0.2, 0.25) is 0 Å². The maximum atomic E-state index is 12.5. The van der Waals surface area contributed by atoms with Crippen LogP contribution in [0.3, 0.4) is 0 Å². The zero-order valence-corrected chi connectivity index (χ0v) is 22.6. The lowest BCUT2D eigenvalue weighted by molar-refractivity contribution is -0.224. The molecule has 5 aliphatic rings. The summed E-state index contributed by atoms with van der Waals surface area (Å²) in [6.45, 7) is 7.40. The molecule has 7 unspecified atom stereocenters. The highest BCUT2D eigenvalue weighted by Gasteiger charge is 2.63. The van der Waals surface area contributed by atoms with Crippen molar-refractivity contribution in [3.05, 3.63) is 11.6 Å². The van der Waals surface area contributed by atoms with Gasteiger partial charge in [-0.05, 0) is 80.5 Å². The monoisotopic (exact) mass is 513 g/mol. The predicted molar refractivity (Wildman–Crippen MR) is 136 cm³/mol. The highest BCUT2D eigenvalue weighted by Crippen LogP contribution is 2.64. The molecule has 204 valence electrons. The molecule has 3 saturated carbocycles. The Labute approximate surface area is 220 Å². The van der Waals surface area contributed by atoms with Crippen LogP contribution in [0.2, 0.25) is 0 Å². The van der Waals surface area contributed by atoms with Crippen LogP contribution in [0.1, 0.15) is 72.1 Å². The van der Waals surface area contributed by atoms with Gasteiger partial charge in [0.1, 0.15) is 6.10 Å². The van der Waals surface area contributed by atoms with Gasteiger partial charge in [-0.2, -0.15) is 5.26 Å². The van der Waals surface area contributed by atoms with Crippen LogP contribution in [0.5, 0.6) is 0 Å². The van der Waals surface area contributed by atoms with Gasteiger partial charge in [-0.3, -0.25) is 9.59 Å². The third-order valence-corrected chi connectivity index (χ3v) is 10.4. The highest BCUT2D eigenvalue weighted by atomic mass is 16.6. The Morgan fingerprint density at radius 1 is 1.22 bits per heavy atom. The summed E-state index contributed by atoms with van der Waals surface area (Å²) in [5.41, 5.74) is 1.27. The Morgan fingerprint density at radius 3 is 2.73 bits per heavy atom. The summed E-state index contributed by atoms with van der Waals surface area (Å²) in [6.07, 6.45) is 8.83. The number of nitrogens with zero attached hydrogens (tertiary/aromatic N) is 1. The molecule has 0 aromatic heterocycles. The number of carbonyl (C=O) groups excluding carboxylic acids is 1.